The number of amides is 1. The molecule has 0 aliphatic rings. The molecule has 0 aliphatic carbocycles. The number of aromatic nitrogens is 2. The summed E-state index contributed by atoms with van der Waals surface area (Å²) in [5, 5.41) is 14.7. The molecule has 22 heavy (non-hydrogen) atoms. The van der Waals surface area contributed by atoms with Crippen molar-refractivity contribution in [1.29, 1.82) is 5.26 Å². The summed E-state index contributed by atoms with van der Waals surface area (Å²) in [5.41, 5.74) is -1.04. The molecule has 1 amide bonds. The Morgan fingerprint density at radius 2 is 2.05 bits per heavy atom. The number of carbonyl (C=O) groups is 1. The average molecular weight is 370 g/mol. The summed E-state index contributed by atoms with van der Waals surface area (Å²) in [6.45, 7) is 9.52. The molecular weight excluding hydrogens is 350 g/mol. The lowest BCUT2D eigenvalue weighted by Crippen LogP contribution is -2.45. The molecule has 1 aromatic rings. The van der Waals surface area contributed by atoms with Gasteiger partial charge in [-0.25, -0.2) is 14.8 Å². The molecule has 0 spiro atoms. The Labute approximate surface area is 138 Å². The molecule has 8 heteroatoms. The van der Waals surface area contributed by atoms with E-state index in [2.05, 4.69) is 36.5 Å². The van der Waals surface area contributed by atoms with E-state index in [0.717, 1.165) is 0 Å². The Morgan fingerprint density at radius 1 is 1.41 bits per heavy atom. The standard InChI is InChI=1S/C14H20BrN5O2/c1-13(2,3)22-12(21)18-8-14(4,5)20-11-9(15)7-17-10(6-16)19-11/h7H,8H2,1-5H3,(H,18,21)(H,17,19,20). The number of nitriles is 1. The lowest BCUT2D eigenvalue weighted by molar-refractivity contribution is 0.0520. The van der Waals surface area contributed by atoms with Gasteiger partial charge in [-0.15, -0.1) is 0 Å². The molecular formula is C14H20BrN5O2. The van der Waals surface area contributed by atoms with Gasteiger partial charge in [0.25, 0.3) is 0 Å². The van der Waals surface area contributed by atoms with Crippen LogP contribution in [0.2, 0.25) is 0 Å². The Hall–Kier alpha value is -1.88. The summed E-state index contributed by atoms with van der Waals surface area (Å²) in [6.07, 6.45) is 1.02. The molecule has 0 saturated carbocycles. The largest absolute Gasteiger partial charge is 0.444 e. The highest BCUT2D eigenvalue weighted by Crippen LogP contribution is 2.22. The molecule has 0 aliphatic heterocycles. The van der Waals surface area contributed by atoms with Crippen molar-refractivity contribution in [3.05, 3.63) is 16.5 Å². The number of rotatable bonds is 4. The molecule has 0 radical (unpaired) electrons. The van der Waals surface area contributed by atoms with Crippen LogP contribution in [0.5, 0.6) is 0 Å². The number of hydrogen-bond acceptors (Lipinski definition) is 6. The summed E-state index contributed by atoms with van der Waals surface area (Å²) in [7, 11) is 0. The van der Waals surface area contributed by atoms with Crippen LogP contribution in [-0.4, -0.2) is 33.7 Å². The Bertz CT molecular complexity index is 590. The molecule has 0 saturated heterocycles. The minimum absolute atomic E-state index is 0.0709. The SMILES string of the molecule is CC(C)(CNC(=O)OC(C)(C)C)Nc1nc(C#N)ncc1Br. The topological polar surface area (TPSA) is 99.9 Å². The van der Waals surface area contributed by atoms with Crippen molar-refractivity contribution in [1.82, 2.24) is 15.3 Å². The molecule has 0 fully saturated rings. The fraction of sp³-hybridized carbons (Fsp3) is 0.571. The van der Waals surface area contributed by atoms with E-state index < -0.39 is 17.2 Å². The molecule has 0 aromatic carbocycles. The minimum Gasteiger partial charge on any atom is -0.444 e. The Morgan fingerprint density at radius 3 is 2.59 bits per heavy atom. The molecule has 2 N–H and O–H groups in total. The molecule has 120 valence electrons. The first-order chi connectivity index (χ1) is 10.0. The highest BCUT2D eigenvalue weighted by molar-refractivity contribution is 9.10. The number of carbonyl (C=O) groups excluding carboxylic acids is 1. The van der Waals surface area contributed by atoms with Gasteiger partial charge in [0, 0.05) is 12.7 Å². The van der Waals surface area contributed by atoms with E-state index in [1.165, 1.54) is 6.20 Å². The third-order valence-corrected chi connectivity index (χ3v) is 2.95. The van der Waals surface area contributed by atoms with Crippen LogP contribution in [0.4, 0.5) is 10.6 Å². The normalized spacial score (nSPS) is 11.5. The fourth-order valence-electron chi connectivity index (χ4n) is 1.48. The van der Waals surface area contributed by atoms with E-state index in [1.807, 2.05) is 19.9 Å². The van der Waals surface area contributed by atoms with Gasteiger partial charge in [0.15, 0.2) is 0 Å². The first-order valence-electron chi connectivity index (χ1n) is 6.70. The zero-order valence-electron chi connectivity index (χ0n) is 13.3. The van der Waals surface area contributed by atoms with Crippen molar-refractivity contribution < 1.29 is 9.53 Å². The predicted octanol–water partition coefficient (Wildman–Crippen LogP) is 2.83. The highest BCUT2D eigenvalue weighted by Gasteiger charge is 2.23. The van der Waals surface area contributed by atoms with E-state index in [0.29, 0.717) is 16.8 Å². The van der Waals surface area contributed by atoms with Crippen LogP contribution in [0.1, 0.15) is 40.4 Å². The number of hydrogen-bond donors (Lipinski definition) is 2. The average Bonchev–Trinajstić information content (AvgIpc) is 2.37. The lowest BCUT2D eigenvalue weighted by atomic mass is 10.1. The summed E-state index contributed by atoms with van der Waals surface area (Å²) >= 11 is 3.32. The highest BCUT2D eigenvalue weighted by atomic mass is 79.9. The van der Waals surface area contributed by atoms with Gasteiger partial charge in [0.1, 0.15) is 17.5 Å². The number of halogens is 1. The molecule has 0 unspecified atom stereocenters. The summed E-state index contributed by atoms with van der Waals surface area (Å²) in [5.74, 6) is 0.559. The maximum absolute atomic E-state index is 11.7. The van der Waals surface area contributed by atoms with Crippen LogP contribution in [0.3, 0.4) is 0 Å². The maximum atomic E-state index is 11.7. The van der Waals surface area contributed by atoms with Gasteiger partial charge in [-0.05, 0) is 50.5 Å². The van der Waals surface area contributed by atoms with Gasteiger partial charge in [-0.2, -0.15) is 5.26 Å². The number of anilines is 1. The van der Waals surface area contributed by atoms with E-state index in [9.17, 15) is 4.79 Å². The van der Waals surface area contributed by atoms with Gasteiger partial charge >= 0.3 is 6.09 Å². The van der Waals surface area contributed by atoms with Gasteiger partial charge in [0.2, 0.25) is 5.82 Å². The second-order valence-electron chi connectivity index (χ2n) is 6.37. The summed E-state index contributed by atoms with van der Waals surface area (Å²) in [6, 6.07) is 1.88. The Balaban J connectivity index is 2.68. The number of ether oxygens (including phenoxy) is 1. The van der Waals surface area contributed by atoms with Gasteiger partial charge < -0.3 is 15.4 Å². The van der Waals surface area contributed by atoms with Crippen molar-refractivity contribution in [3.8, 4) is 6.07 Å². The van der Waals surface area contributed by atoms with Crippen molar-refractivity contribution in [2.45, 2.75) is 45.8 Å². The quantitative estimate of drug-likeness (QED) is 0.846. The third kappa shape index (κ3) is 6.26. The molecule has 7 nitrogen and oxygen atoms in total. The zero-order valence-corrected chi connectivity index (χ0v) is 14.9. The second-order valence-corrected chi connectivity index (χ2v) is 7.22. The minimum atomic E-state index is -0.543. The summed E-state index contributed by atoms with van der Waals surface area (Å²) < 4.78 is 5.82. The van der Waals surface area contributed by atoms with Gasteiger partial charge in [-0.3, -0.25) is 0 Å². The third-order valence-electron chi connectivity index (χ3n) is 2.37. The first kappa shape index (κ1) is 18.2. The first-order valence-corrected chi connectivity index (χ1v) is 7.49. The second kappa shape index (κ2) is 6.92. The van der Waals surface area contributed by atoms with Crippen molar-refractivity contribution >= 4 is 27.8 Å². The smallest absolute Gasteiger partial charge is 0.407 e. The van der Waals surface area contributed by atoms with Crippen LogP contribution < -0.4 is 10.6 Å². The number of nitrogens with one attached hydrogen (secondary N) is 2. The van der Waals surface area contributed by atoms with Crippen LogP contribution in [0, 0.1) is 11.3 Å². The van der Waals surface area contributed by atoms with E-state index >= 15 is 0 Å². The van der Waals surface area contributed by atoms with Gasteiger partial charge in [-0.1, -0.05) is 0 Å². The van der Waals surface area contributed by atoms with Crippen molar-refractivity contribution in [2.24, 2.45) is 0 Å². The molecule has 1 aromatic heterocycles. The molecule has 1 rings (SSSR count). The molecule has 1 heterocycles. The van der Waals surface area contributed by atoms with E-state index in [-0.39, 0.29) is 5.82 Å². The maximum Gasteiger partial charge on any atom is 0.407 e. The summed E-state index contributed by atoms with van der Waals surface area (Å²) in [4.78, 5) is 19.6. The molecule has 0 bridgehead atoms. The van der Waals surface area contributed by atoms with E-state index in [4.69, 9.17) is 10.00 Å². The number of alkyl carbamates (subject to hydrolysis) is 1. The van der Waals surface area contributed by atoms with Crippen molar-refractivity contribution in [3.63, 3.8) is 0 Å². The Kier molecular flexibility index (Phi) is 5.72. The van der Waals surface area contributed by atoms with Gasteiger partial charge in [0.05, 0.1) is 10.0 Å². The van der Waals surface area contributed by atoms with Crippen LogP contribution in [0.25, 0.3) is 0 Å². The molecule has 0 atom stereocenters. The van der Waals surface area contributed by atoms with Crippen LogP contribution in [-0.2, 0) is 4.74 Å². The van der Waals surface area contributed by atoms with Crippen LogP contribution >= 0.6 is 15.9 Å². The van der Waals surface area contributed by atoms with Crippen molar-refractivity contribution in [2.75, 3.05) is 11.9 Å². The zero-order chi connectivity index (χ0) is 17.0. The monoisotopic (exact) mass is 369 g/mol. The predicted molar refractivity (Wildman–Crippen MR) is 86.4 cm³/mol. The number of nitrogens with zero attached hydrogens (tertiary/aromatic N) is 3. The van der Waals surface area contributed by atoms with E-state index in [1.54, 1.807) is 20.8 Å². The fourth-order valence-corrected chi connectivity index (χ4v) is 1.77. The lowest BCUT2D eigenvalue weighted by Gasteiger charge is -2.28. The van der Waals surface area contributed by atoms with Crippen LogP contribution in [0.15, 0.2) is 10.7 Å².